The Kier molecular flexibility index (Phi) is 7.18. The number of aryl methyl sites for hydroxylation is 1. The van der Waals surface area contributed by atoms with E-state index in [0.29, 0.717) is 24.1 Å². The quantitative estimate of drug-likeness (QED) is 0.575. The summed E-state index contributed by atoms with van der Waals surface area (Å²) in [7, 11) is 0. The highest BCUT2D eigenvalue weighted by atomic mass is 16.3. The van der Waals surface area contributed by atoms with Crippen molar-refractivity contribution in [1.82, 2.24) is 15.3 Å². The monoisotopic (exact) mass is 380 g/mol. The molecule has 3 N–H and O–H groups in total. The van der Waals surface area contributed by atoms with Gasteiger partial charge in [-0.3, -0.25) is 0 Å². The van der Waals surface area contributed by atoms with Crippen molar-refractivity contribution in [3.05, 3.63) is 41.6 Å². The maximum Gasteiger partial charge on any atom is 0.229 e. The van der Waals surface area contributed by atoms with E-state index in [2.05, 4.69) is 39.6 Å². The molecule has 0 aliphatic carbocycles. The molecule has 0 bridgehead atoms. The summed E-state index contributed by atoms with van der Waals surface area (Å²) in [4.78, 5) is 11.8. The lowest BCUT2D eigenvalue weighted by Gasteiger charge is -2.26. The largest absolute Gasteiger partial charge is 0.395 e. The molecule has 1 aliphatic rings. The van der Waals surface area contributed by atoms with Crippen LogP contribution in [0, 0.1) is 11.3 Å². The van der Waals surface area contributed by atoms with E-state index in [4.69, 9.17) is 15.4 Å². The summed E-state index contributed by atoms with van der Waals surface area (Å²) >= 11 is 0. The summed E-state index contributed by atoms with van der Waals surface area (Å²) in [6.07, 6.45) is 4.15. The number of nitrogens with zero attached hydrogens (tertiary/aromatic N) is 4. The summed E-state index contributed by atoms with van der Waals surface area (Å²) in [5.74, 6) is 1.50. The van der Waals surface area contributed by atoms with E-state index >= 15 is 0 Å². The molecule has 3 rings (SSSR count). The van der Waals surface area contributed by atoms with Crippen molar-refractivity contribution in [2.75, 3.05) is 36.5 Å². The Morgan fingerprint density at radius 2 is 2.21 bits per heavy atom. The summed E-state index contributed by atoms with van der Waals surface area (Å²) < 4.78 is 0. The maximum absolute atomic E-state index is 9.11. The zero-order valence-corrected chi connectivity index (χ0v) is 16.4. The summed E-state index contributed by atoms with van der Waals surface area (Å²) in [6.45, 7) is 4.70. The van der Waals surface area contributed by atoms with E-state index in [1.165, 1.54) is 0 Å². The van der Waals surface area contributed by atoms with Crippen molar-refractivity contribution >= 4 is 17.5 Å². The van der Waals surface area contributed by atoms with Gasteiger partial charge in [0.2, 0.25) is 5.95 Å². The highest BCUT2D eigenvalue weighted by molar-refractivity contribution is 5.58. The number of hydrogen-bond donors (Lipinski definition) is 3. The Bertz CT molecular complexity index is 819. The van der Waals surface area contributed by atoms with Gasteiger partial charge in [-0.25, -0.2) is 4.98 Å². The minimum absolute atomic E-state index is 0.150. The van der Waals surface area contributed by atoms with E-state index in [0.717, 1.165) is 56.0 Å². The highest BCUT2D eigenvalue weighted by Gasteiger charge is 2.26. The van der Waals surface area contributed by atoms with Crippen LogP contribution in [0.1, 0.15) is 37.4 Å². The van der Waals surface area contributed by atoms with Gasteiger partial charge in [-0.05, 0) is 37.5 Å². The molecule has 0 radical (unpaired) electrons. The van der Waals surface area contributed by atoms with Gasteiger partial charge in [-0.2, -0.15) is 10.2 Å². The molecule has 1 aromatic heterocycles. The molecule has 148 valence electrons. The van der Waals surface area contributed by atoms with Crippen LogP contribution in [0.5, 0.6) is 0 Å². The number of aliphatic hydroxyl groups excluding tert-OH is 1. The molecule has 2 aromatic rings. The summed E-state index contributed by atoms with van der Waals surface area (Å²) in [5.41, 5.74) is 2.42. The lowest BCUT2D eigenvalue weighted by atomic mass is 10.2. The highest BCUT2D eigenvalue weighted by Crippen LogP contribution is 2.26. The second kappa shape index (κ2) is 10.0. The third-order valence-electron chi connectivity index (χ3n) is 4.86. The van der Waals surface area contributed by atoms with Crippen LogP contribution in [-0.2, 0) is 6.42 Å². The lowest BCUT2D eigenvalue weighted by molar-refractivity contribution is 0.291. The minimum atomic E-state index is 0.150. The Morgan fingerprint density at radius 3 is 3.00 bits per heavy atom. The number of anilines is 3. The van der Waals surface area contributed by atoms with Crippen LogP contribution < -0.4 is 15.5 Å². The van der Waals surface area contributed by atoms with Crippen molar-refractivity contribution in [2.24, 2.45) is 0 Å². The van der Waals surface area contributed by atoms with Crippen LogP contribution in [0.2, 0.25) is 0 Å². The zero-order chi connectivity index (χ0) is 19.8. The van der Waals surface area contributed by atoms with Crippen LogP contribution >= 0.6 is 0 Å². The van der Waals surface area contributed by atoms with Gasteiger partial charge in [0.1, 0.15) is 5.82 Å². The van der Waals surface area contributed by atoms with E-state index in [1.807, 2.05) is 12.1 Å². The van der Waals surface area contributed by atoms with Crippen LogP contribution in [-0.4, -0.2) is 47.4 Å². The number of aliphatic hydroxyl groups is 1. The van der Waals surface area contributed by atoms with Crippen molar-refractivity contribution in [2.45, 2.75) is 38.6 Å². The second-order valence-corrected chi connectivity index (χ2v) is 7.03. The van der Waals surface area contributed by atoms with E-state index in [1.54, 1.807) is 12.1 Å². The van der Waals surface area contributed by atoms with Crippen molar-refractivity contribution in [1.29, 1.82) is 5.26 Å². The molecular weight excluding hydrogens is 352 g/mol. The zero-order valence-electron chi connectivity index (χ0n) is 16.4. The fourth-order valence-corrected chi connectivity index (χ4v) is 3.56. The fourth-order valence-electron chi connectivity index (χ4n) is 3.56. The van der Waals surface area contributed by atoms with Crippen LogP contribution in [0.4, 0.5) is 17.5 Å². The van der Waals surface area contributed by atoms with E-state index < -0.39 is 0 Å². The first-order valence-corrected chi connectivity index (χ1v) is 9.97. The molecule has 0 amide bonds. The van der Waals surface area contributed by atoms with Crippen molar-refractivity contribution in [3.63, 3.8) is 0 Å². The summed E-state index contributed by atoms with van der Waals surface area (Å²) in [5, 5.41) is 24.7. The van der Waals surface area contributed by atoms with Gasteiger partial charge in [0, 0.05) is 43.1 Å². The Morgan fingerprint density at radius 1 is 1.32 bits per heavy atom. The second-order valence-electron chi connectivity index (χ2n) is 7.03. The average Bonchev–Trinajstić information content (AvgIpc) is 3.17. The van der Waals surface area contributed by atoms with Gasteiger partial charge in [-0.15, -0.1) is 0 Å². The molecule has 1 aliphatic heterocycles. The molecular formula is C21H28N6O. The molecule has 1 aromatic carbocycles. The standard InChI is InChI=1S/C21H28N6O/c1-2-5-17-13-20(27-10-4-8-19(27)15-23-9-11-28)26-21(24-17)25-18-7-3-6-16(12-18)14-22/h3,6-7,12-13,19,23,28H,2,4-5,8-11,15H2,1H3,(H,24,25,26). The van der Waals surface area contributed by atoms with E-state index in [-0.39, 0.29) is 6.61 Å². The van der Waals surface area contributed by atoms with Gasteiger partial charge >= 0.3 is 0 Å². The smallest absolute Gasteiger partial charge is 0.229 e. The predicted molar refractivity (Wildman–Crippen MR) is 111 cm³/mol. The molecule has 0 spiro atoms. The molecule has 1 unspecified atom stereocenters. The van der Waals surface area contributed by atoms with Crippen molar-refractivity contribution < 1.29 is 5.11 Å². The van der Waals surface area contributed by atoms with Gasteiger partial charge in [-0.1, -0.05) is 19.4 Å². The van der Waals surface area contributed by atoms with E-state index in [9.17, 15) is 0 Å². The molecule has 1 saturated heterocycles. The van der Waals surface area contributed by atoms with Crippen LogP contribution in [0.3, 0.4) is 0 Å². The third kappa shape index (κ3) is 5.18. The number of aromatic nitrogens is 2. The number of benzene rings is 1. The van der Waals surface area contributed by atoms with Gasteiger partial charge < -0.3 is 20.6 Å². The Hall–Kier alpha value is -2.69. The number of nitriles is 1. The van der Waals surface area contributed by atoms with Crippen LogP contribution in [0.15, 0.2) is 30.3 Å². The topological polar surface area (TPSA) is 97.1 Å². The fraction of sp³-hybridized carbons (Fsp3) is 0.476. The molecule has 0 saturated carbocycles. The van der Waals surface area contributed by atoms with Gasteiger partial charge in [0.25, 0.3) is 0 Å². The number of nitrogens with one attached hydrogen (secondary N) is 2. The molecule has 7 nitrogen and oxygen atoms in total. The SMILES string of the molecule is CCCc1cc(N2CCCC2CNCCO)nc(Nc2cccc(C#N)c2)n1. The Balaban J connectivity index is 1.83. The molecule has 7 heteroatoms. The molecule has 2 heterocycles. The number of rotatable bonds is 9. The summed E-state index contributed by atoms with van der Waals surface area (Å²) in [6, 6.07) is 11.9. The first-order chi connectivity index (χ1) is 13.7. The first kappa shape index (κ1) is 20.1. The van der Waals surface area contributed by atoms with Gasteiger partial charge in [0.05, 0.1) is 18.2 Å². The maximum atomic E-state index is 9.11. The Labute approximate surface area is 166 Å². The molecule has 1 atom stereocenters. The molecule has 1 fully saturated rings. The normalized spacial score (nSPS) is 16.2. The predicted octanol–water partition coefficient (Wildman–Crippen LogP) is 2.60. The third-order valence-corrected chi connectivity index (χ3v) is 4.86. The minimum Gasteiger partial charge on any atom is -0.395 e. The van der Waals surface area contributed by atoms with Crippen LogP contribution in [0.25, 0.3) is 0 Å². The molecule has 28 heavy (non-hydrogen) atoms. The van der Waals surface area contributed by atoms with Crippen molar-refractivity contribution in [3.8, 4) is 6.07 Å². The number of hydrogen-bond acceptors (Lipinski definition) is 7. The lowest BCUT2D eigenvalue weighted by Crippen LogP contribution is -2.39. The first-order valence-electron chi connectivity index (χ1n) is 9.97. The van der Waals surface area contributed by atoms with Gasteiger partial charge in [0.15, 0.2) is 0 Å². The average molecular weight is 380 g/mol.